The van der Waals surface area contributed by atoms with Gasteiger partial charge in [0.2, 0.25) is 0 Å². The number of halogens is 1. The lowest BCUT2D eigenvalue weighted by Crippen LogP contribution is -2.32. The minimum Gasteiger partial charge on any atom is -0.392 e. The lowest BCUT2D eigenvalue weighted by atomic mass is 9.89. The van der Waals surface area contributed by atoms with Crippen LogP contribution in [0.1, 0.15) is 50.8 Å². The van der Waals surface area contributed by atoms with Gasteiger partial charge in [-0.2, -0.15) is 0 Å². The summed E-state index contributed by atoms with van der Waals surface area (Å²) in [5.41, 5.74) is 2.85. The number of hydrogen-bond acceptors (Lipinski definition) is 2. The number of hydrogen-bond donors (Lipinski definition) is 2. The first-order valence-corrected chi connectivity index (χ1v) is 7.43. The van der Waals surface area contributed by atoms with Crippen LogP contribution < -0.4 is 5.32 Å². The lowest BCUT2D eigenvalue weighted by Gasteiger charge is -2.24. The van der Waals surface area contributed by atoms with Crippen LogP contribution in [0.2, 0.25) is 5.02 Å². The van der Waals surface area contributed by atoms with Gasteiger partial charge in [0.25, 0.3) is 0 Å². The fourth-order valence-corrected chi connectivity index (χ4v) is 3.05. The molecule has 0 spiro atoms. The Morgan fingerprint density at radius 3 is 2.84 bits per heavy atom. The highest BCUT2D eigenvalue weighted by Gasteiger charge is 2.23. The molecule has 2 unspecified atom stereocenters. The molecule has 1 aromatic carbocycles. The van der Waals surface area contributed by atoms with Crippen LogP contribution in [0.4, 0.5) is 0 Å². The first-order chi connectivity index (χ1) is 8.85. The van der Waals surface area contributed by atoms with Crippen LogP contribution in [0.3, 0.4) is 0 Å². The average Bonchev–Trinajstić information content (AvgIpc) is 2.66. The molecule has 0 aliphatic heterocycles. The lowest BCUT2D eigenvalue weighted by molar-refractivity contribution is 0.116. The first kappa shape index (κ1) is 14.8. The van der Waals surface area contributed by atoms with Gasteiger partial charge in [-0.1, -0.05) is 38.4 Å². The summed E-state index contributed by atoms with van der Waals surface area (Å²) in [6.45, 7) is 7.12. The van der Waals surface area contributed by atoms with Crippen LogP contribution in [-0.4, -0.2) is 17.8 Å². The second kappa shape index (κ2) is 5.82. The van der Waals surface area contributed by atoms with Gasteiger partial charge in [-0.3, -0.25) is 0 Å². The van der Waals surface area contributed by atoms with Crippen molar-refractivity contribution in [3.63, 3.8) is 0 Å². The van der Waals surface area contributed by atoms with E-state index in [4.69, 9.17) is 11.6 Å². The highest BCUT2D eigenvalue weighted by Crippen LogP contribution is 2.33. The van der Waals surface area contributed by atoms with E-state index in [2.05, 4.69) is 38.2 Å². The molecule has 1 aromatic rings. The van der Waals surface area contributed by atoms with Gasteiger partial charge in [-0.25, -0.2) is 0 Å². The number of aliphatic hydroxyl groups is 1. The van der Waals surface area contributed by atoms with Crippen molar-refractivity contribution in [3.8, 4) is 0 Å². The van der Waals surface area contributed by atoms with Gasteiger partial charge in [0, 0.05) is 17.6 Å². The maximum atomic E-state index is 10.1. The van der Waals surface area contributed by atoms with E-state index < -0.39 is 0 Å². The van der Waals surface area contributed by atoms with Gasteiger partial charge in [0.1, 0.15) is 0 Å². The fourth-order valence-electron chi connectivity index (χ4n) is 2.86. The molecule has 106 valence electrons. The zero-order chi connectivity index (χ0) is 14.0. The summed E-state index contributed by atoms with van der Waals surface area (Å²) in [6, 6.07) is 6.48. The summed E-state index contributed by atoms with van der Waals surface area (Å²) in [6.07, 6.45) is 2.71. The van der Waals surface area contributed by atoms with Crippen LogP contribution in [0, 0.1) is 5.41 Å². The summed E-state index contributed by atoms with van der Waals surface area (Å²) >= 11 is 6.01. The van der Waals surface area contributed by atoms with E-state index in [1.807, 2.05) is 6.07 Å². The van der Waals surface area contributed by atoms with E-state index in [-0.39, 0.29) is 11.5 Å². The number of fused-ring (bicyclic) bond motifs is 1. The van der Waals surface area contributed by atoms with Gasteiger partial charge < -0.3 is 10.4 Å². The molecule has 0 saturated heterocycles. The molecule has 1 aliphatic carbocycles. The van der Waals surface area contributed by atoms with Crippen LogP contribution in [0.25, 0.3) is 0 Å². The summed E-state index contributed by atoms with van der Waals surface area (Å²) < 4.78 is 0. The monoisotopic (exact) mass is 281 g/mol. The van der Waals surface area contributed by atoms with Crippen molar-refractivity contribution in [3.05, 3.63) is 34.3 Å². The van der Waals surface area contributed by atoms with E-state index in [1.54, 1.807) is 0 Å². The van der Waals surface area contributed by atoms with Gasteiger partial charge in [0.05, 0.1) is 6.10 Å². The standard InChI is InChI=1S/C16H24ClNO/c1-16(2,3)9-13(19)10-18-15-7-4-11-8-12(17)5-6-14(11)15/h5-6,8,13,15,18-19H,4,7,9-10H2,1-3H3. The third kappa shape index (κ3) is 4.20. The van der Waals surface area contributed by atoms with Crippen molar-refractivity contribution in [2.45, 2.75) is 52.2 Å². The number of aryl methyl sites for hydroxylation is 1. The molecular formula is C16H24ClNO. The Bertz CT molecular complexity index is 439. The number of benzene rings is 1. The largest absolute Gasteiger partial charge is 0.392 e. The molecule has 2 N–H and O–H groups in total. The van der Waals surface area contributed by atoms with Crippen molar-refractivity contribution in [2.24, 2.45) is 5.41 Å². The maximum Gasteiger partial charge on any atom is 0.0669 e. The van der Waals surface area contributed by atoms with Crippen molar-refractivity contribution in [2.75, 3.05) is 6.54 Å². The van der Waals surface area contributed by atoms with Crippen LogP contribution >= 0.6 is 11.6 Å². The molecule has 2 rings (SSSR count). The van der Waals surface area contributed by atoms with Crippen molar-refractivity contribution in [1.29, 1.82) is 0 Å². The zero-order valence-corrected chi connectivity index (χ0v) is 12.8. The Kier molecular flexibility index (Phi) is 4.54. The smallest absolute Gasteiger partial charge is 0.0669 e. The third-order valence-electron chi connectivity index (χ3n) is 3.63. The van der Waals surface area contributed by atoms with E-state index in [1.165, 1.54) is 11.1 Å². The molecule has 19 heavy (non-hydrogen) atoms. The molecule has 3 heteroatoms. The quantitative estimate of drug-likeness (QED) is 0.882. The summed E-state index contributed by atoms with van der Waals surface area (Å²) in [4.78, 5) is 0. The molecule has 0 amide bonds. The predicted molar refractivity (Wildman–Crippen MR) is 80.6 cm³/mol. The molecule has 0 fully saturated rings. The fraction of sp³-hybridized carbons (Fsp3) is 0.625. The Morgan fingerprint density at radius 1 is 1.42 bits per heavy atom. The summed E-state index contributed by atoms with van der Waals surface area (Å²) in [5, 5.41) is 14.4. The second-order valence-electron chi connectivity index (χ2n) is 6.76. The van der Waals surface area contributed by atoms with Crippen molar-refractivity contribution < 1.29 is 5.11 Å². The Balaban J connectivity index is 1.89. The topological polar surface area (TPSA) is 32.3 Å². The molecule has 0 aromatic heterocycles. The minimum atomic E-state index is -0.281. The average molecular weight is 282 g/mol. The van der Waals surface area contributed by atoms with Crippen LogP contribution in [-0.2, 0) is 6.42 Å². The minimum absolute atomic E-state index is 0.169. The highest BCUT2D eigenvalue weighted by molar-refractivity contribution is 6.30. The molecule has 1 aliphatic rings. The van der Waals surface area contributed by atoms with Gasteiger partial charge in [-0.05, 0) is 47.9 Å². The maximum absolute atomic E-state index is 10.1. The van der Waals surface area contributed by atoms with Crippen molar-refractivity contribution in [1.82, 2.24) is 5.32 Å². The first-order valence-electron chi connectivity index (χ1n) is 7.05. The predicted octanol–water partition coefficient (Wildman–Crippen LogP) is 3.71. The van der Waals surface area contributed by atoms with Crippen LogP contribution in [0.5, 0.6) is 0 Å². The van der Waals surface area contributed by atoms with E-state index in [0.717, 1.165) is 24.3 Å². The number of nitrogens with one attached hydrogen (secondary N) is 1. The normalized spacial score (nSPS) is 20.4. The number of aliphatic hydroxyl groups excluding tert-OH is 1. The van der Waals surface area contributed by atoms with Gasteiger partial charge in [0.15, 0.2) is 0 Å². The highest BCUT2D eigenvalue weighted by atomic mass is 35.5. The third-order valence-corrected chi connectivity index (χ3v) is 3.87. The number of rotatable bonds is 4. The van der Waals surface area contributed by atoms with E-state index >= 15 is 0 Å². The summed E-state index contributed by atoms with van der Waals surface area (Å²) in [5.74, 6) is 0. The molecular weight excluding hydrogens is 258 g/mol. The molecule has 2 atom stereocenters. The van der Waals surface area contributed by atoms with E-state index in [9.17, 15) is 5.11 Å². The van der Waals surface area contributed by atoms with Crippen molar-refractivity contribution >= 4 is 11.6 Å². The molecule has 0 saturated carbocycles. The van der Waals surface area contributed by atoms with E-state index in [0.29, 0.717) is 12.6 Å². The van der Waals surface area contributed by atoms with Crippen LogP contribution in [0.15, 0.2) is 18.2 Å². The molecule has 0 heterocycles. The van der Waals surface area contributed by atoms with Gasteiger partial charge >= 0.3 is 0 Å². The SMILES string of the molecule is CC(C)(C)CC(O)CNC1CCc2cc(Cl)ccc21. The molecule has 2 nitrogen and oxygen atoms in total. The molecule has 0 bridgehead atoms. The molecule has 0 radical (unpaired) electrons. The zero-order valence-electron chi connectivity index (χ0n) is 12.0. The Morgan fingerprint density at radius 2 is 2.16 bits per heavy atom. The summed E-state index contributed by atoms with van der Waals surface area (Å²) in [7, 11) is 0. The second-order valence-corrected chi connectivity index (χ2v) is 7.20. The Labute approximate surface area is 121 Å². The van der Waals surface area contributed by atoms with Gasteiger partial charge in [-0.15, -0.1) is 0 Å². The Hall–Kier alpha value is -0.570.